The fraction of sp³-hybridized carbons (Fsp3) is 0.682. The summed E-state index contributed by atoms with van der Waals surface area (Å²) in [7, 11) is 0. The van der Waals surface area contributed by atoms with Gasteiger partial charge in [0.1, 0.15) is 18.5 Å². The normalized spacial score (nSPS) is 21.5. The predicted octanol–water partition coefficient (Wildman–Crippen LogP) is 2.83. The molecular weight excluding hydrogens is 409 g/mol. The number of alkyl halides is 3. The SMILES string of the molecule is CCNC(=NCC(O)COc1cccc(C(F)(F)F)c1)N1CCC(CN2CCCC2)C1. The van der Waals surface area contributed by atoms with Crippen LogP contribution in [0.25, 0.3) is 0 Å². The van der Waals surface area contributed by atoms with E-state index < -0.39 is 17.8 Å². The molecule has 1 aromatic carbocycles. The first-order chi connectivity index (χ1) is 14.8. The number of guanidine groups is 1. The predicted molar refractivity (Wildman–Crippen MR) is 114 cm³/mol. The topological polar surface area (TPSA) is 60.3 Å². The molecule has 2 aliphatic heterocycles. The van der Waals surface area contributed by atoms with Crippen molar-refractivity contribution in [1.29, 1.82) is 0 Å². The minimum Gasteiger partial charge on any atom is -0.491 e. The Bertz CT molecular complexity index is 723. The van der Waals surface area contributed by atoms with E-state index in [0.717, 1.165) is 50.7 Å². The van der Waals surface area contributed by atoms with E-state index in [9.17, 15) is 18.3 Å². The molecular formula is C22H33F3N4O2. The van der Waals surface area contributed by atoms with E-state index in [1.165, 1.54) is 38.1 Å². The molecule has 0 bridgehead atoms. The number of halogens is 3. The zero-order valence-electron chi connectivity index (χ0n) is 18.1. The summed E-state index contributed by atoms with van der Waals surface area (Å²) in [5, 5.41) is 13.5. The van der Waals surface area contributed by atoms with E-state index in [1.807, 2.05) is 6.92 Å². The van der Waals surface area contributed by atoms with E-state index in [2.05, 4.69) is 20.1 Å². The van der Waals surface area contributed by atoms with Crippen molar-refractivity contribution in [3.05, 3.63) is 29.8 Å². The van der Waals surface area contributed by atoms with E-state index >= 15 is 0 Å². The summed E-state index contributed by atoms with van der Waals surface area (Å²) in [5.41, 5.74) is -0.774. The van der Waals surface area contributed by atoms with Gasteiger partial charge in [-0.2, -0.15) is 13.2 Å². The molecule has 2 fully saturated rings. The molecule has 9 heteroatoms. The summed E-state index contributed by atoms with van der Waals surface area (Å²) in [6, 6.07) is 4.66. The first kappa shape index (κ1) is 23.7. The molecule has 0 aliphatic carbocycles. The lowest BCUT2D eigenvalue weighted by molar-refractivity contribution is -0.137. The van der Waals surface area contributed by atoms with Crippen molar-refractivity contribution in [2.75, 3.05) is 52.4 Å². The highest BCUT2D eigenvalue weighted by Crippen LogP contribution is 2.31. The summed E-state index contributed by atoms with van der Waals surface area (Å²) in [6.45, 7) is 8.12. The molecule has 0 saturated carbocycles. The first-order valence-corrected chi connectivity index (χ1v) is 11.1. The molecule has 0 radical (unpaired) electrons. The standard InChI is InChI=1S/C22H33F3N4O2/c1-2-26-21(29-11-8-17(15-29)14-28-9-3-4-10-28)27-13-19(30)16-31-20-7-5-6-18(12-20)22(23,24)25/h5-7,12,17,19,30H,2-4,8-11,13-16H2,1H3,(H,26,27). The molecule has 2 heterocycles. The van der Waals surface area contributed by atoms with Gasteiger partial charge in [0.25, 0.3) is 0 Å². The fourth-order valence-corrected chi connectivity index (χ4v) is 4.13. The molecule has 174 valence electrons. The van der Waals surface area contributed by atoms with Gasteiger partial charge >= 0.3 is 6.18 Å². The number of aliphatic imine (C=N–C) groups is 1. The van der Waals surface area contributed by atoms with Crippen LogP contribution in [0.15, 0.2) is 29.3 Å². The largest absolute Gasteiger partial charge is 0.491 e. The molecule has 2 atom stereocenters. The van der Waals surface area contributed by atoms with Crippen molar-refractivity contribution in [2.45, 2.75) is 38.5 Å². The van der Waals surface area contributed by atoms with Crippen molar-refractivity contribution < 1.29 is 23.0 Å². The number of nitrogens with one attached hydrogen (secondary N) is 1. The Morgan fingerprint density at radius 2 is 2.06 bits per heavy atom. The van der Waals surface area contributed by atoms with Gasteiger partial charge in [-0.1, -0.05) is 6.07 Å². The summed E-state index contributed by atoms with van der Waals surface area (Å²) >= 11 is 0. The number of benzene rings is 1. The van der Waals surface area contributed by atoms with Crippen molar-refractivity contribution >= 4 is 5.96 Å². The van der Waals surface area contributed by atoms with Crippen LogP contribution in [-0.4, -0.2) is 79.4 Å². The van der Waals surface area contributed by atoms with Gasteiger partial charge in [-0.25, -0.2) is 0 Å². The van der Waals surface area contributed by atoms with Crippen LogP contribution < -0.4 is 10.1 Å². The van der Waals surface area contributed by atoms with Gasteiger partial charge in [0.2, 0.25) is 0 Å². The van der Waals surface area contributed by atoms with Gasteiger partial charge in [0.05, 0.1) is 12.1 Å². The number of hydrogen-bond donors (Lipinski definition) is 2. The Morgan fingerprint density at radius 1 is 1.29 bits per heavy atom. The molecule has 3 rings (SSSR count). The van der Waals surface area contributed by atoms with Crippen molar-refractivity contribution in [1.82, 2.24) is 15.1 Å². The average molecular weight is 443 g/mol. The van der Waals surface area contributed by atoms with Crippen LogP contribution in [0, 0.1) is 5.92 Å². The van der Waals surface area contributed by atoms with Gasteiger partial charge in [-0.15, -0.1) is 0 Å². The van der Waals surface area contributed by atoms with Crippen LogP contribution in [0.2, 0.25) is 0 Å². The lowest BCUT2D eigenvalue weighted by Crippen LogP contribution is -2.41. The Balaban J connectivity index is 1.48. The van der Waals surface area contributed by atoms with E-state index in [4.69, 9.17) is 4.74 Å². The van der Waals surface area contributed by atoms with Crippen molar-refractivity contribution in [3.63, 3.8) is 0 Å². The van der Waals surface area contributed by atoms with E-state index in [1.54, 1.807) is 0 Å². The maximum Gasteiger partial charge on any atom is 0.416 e. The second kappa shape index (κ2) is 11.0. The van der Waals surface area contributed by atoms with Crippen molar-refractivity contribution in [2.24, 2.45) is 10.9 Å². The molecule has 31 heavy (non-hydrogen) atoms. The summed E-state index contributed by atoms with van der Waals surface area (Å²) in [5.74, 6) is 1.47. The molecule has 0 amide bonds. The molecule has 2 aliphatic rings. The molecule has 2 saturated heterocycles. The monoisotopic (exact) mass is 442 g/mol. The minimum absolute atomic E-state index is 0.0778. The molecule has 1 aromatic rings. The number of nitrogens with zero attached hydrogens (tertiary/aromatic N) is 3. The Kier molecular flexibility index (Phi) is 8.43. The third kappa shape index (κ3) is 7.28. The Labute approximate surface area is 182 Å². The molecule has 0 spiro atoms. The quantitative estimate of drug-likeness (QED) is 0.479. The van der Waals surface area contributed by atoms with Gasteiger partial charge < -0.3 is 25.0 Å². The van der Waals surface area contributed by atoms with Gasteiger partial charge in [0.15, 0.2) is 5.96 Å². The highest BCUT2D eigenvalue weighted by atomic mass is 19.4. The van der Waals surface area contributed by atoms with Crippen LogP contribution in [-0.2, 0) is 6.18 Å². The molecule has 6 nitrogen and oxygen atoms in total. The minimum atomic E-state index is -4.43. The maximum absolute atomic E-state index is 12.8. The highest BCUT2D eigenvalue weighted by molar-refractivity contribution is 5.80. The number of aliphatic hydroxyl groups is 1. The number of hydrogen-bond acceptors (Lipinski definition) is 4. The second-order valence-electron chi connectivity index (χ2n) is 8.29. The van der Waals surface area contributed by atoms with Crippen LogP contribution >= 0.6 is 0 Å². The number of rotatable bonds is 8. The first-order valence-electron chi connectivity index (χ1n) is 11.1. The fourth-order valence-electron chi connectivity index (χ4n) is 4.13. The second-order valence-corrected chi connectivity index (χ2v) is 8.29. The highest BCUT2D eigenvalue weighted by Gasteiger charge is 2.31. The van der Waals surface area contributed by atoms with Crippen LogP contribution in [0.3, 0.4) is 0 Å². The van der Waals surface area contributed by atoms with Crippen molar-refractivity contribution in [3.8, 4) is 5.75 Å². The molecule has 2 unspecified atom stereocenters. The lowest BCUT2D eigenvalue weighted by Gasteiger charge is -2.23. The number of aliphatic hydroxyl groups excluding tert-OH is 1. The Hall–Kier alpha value is -2.00. The van der Waals surface area contributed by atoms with Crippen LogP contribution in [0.4, 0.5) is 13.2 Å². The smallest absolute Gasteiger partial charge is 0.416 e. The third-order valence-electron chi connectivity index (χ3n) is 5.69. The average Bonchev–Trinajstić information content (AvgIpc) is 3.42. The summed E-state index contributed by atoms with van der Waals surface area (Å²) < 4.78 is 43.8. The summed E-state index contributed by atoms with van der Waals surface area (Å²) in [4.78, 5) is 9.30. The molecule has 0 aromatic heterocycles. The van der Waals surface area contributed by atoms with Gasteiger partial charge in [-0.05, 0) is 63.4 Å². The number of likely N-dealkylation sites (tertiary alicyclic amines) is 2. The van der Waals surface area contributed by atoms with Crippen LogP contribution in [0.5, 0.6) is 5.75 Å². The maximum atomic E-state index is 12.8. The zero-order valence-corrected chi connectivity index (χ0v) is 18.1. The van der Waals surface area contributed by atoms with E-state index in [-0.39, 0.29) is 18.9 Å². The number of ether oxygens (including phenoxy) is 1. The van der Waals surface area contributed by atoms with Gasteiger partial charge in [-0.3, -0.25) is 4.99 Å². The summed E-state index contributed by atoms with van der Waals surface area (Å²) in [6.07, 6.45) is -1.62. The third-order valence-corrected chi connectivity index (χ3v) is 5.69. The van der Waals surface area contributed by atoms with Crippen LogP contribution in [0.1, 0.15) is 31.7 Å². The molecule has 2 N–H and O–H groups in total. The van der Waals surface area contributed by atoms with E-state index in [0.29, 0.717) is 5.92 Å². The van der Waals surface area contributed by atoms with Gasteiger partial charge in [0, 0.05) is 26.2 Å². The lowest BCUT2D eigenvalue weighted by atomic mass is 10.1. The Morgan fingerprint density at radius 3 is 2.77 bits per heavy atom. The zero-order chi connectivity index (χ0) is 22.3.